The van der Waals surface area contributed by atoms with Crippen molar-refractivity contribution in [3.63, 3.8) is 0 Å². The zero-order chi connectivity index (χ0) is 16.2. The van der Waals surface area contributed by atoms with Crippen LogP contribution in [-0.2, 0) is 0 Å². The molecule has 2 amide bonds. The Balaban J connectivity index is 1.65. The number of carbonyl (C=O) groups excluding carboxylic acids is 2. The number of carbonyl (C=O) groups is 2. The summed E-state index contributed by atoms with van der Waals surface area (Å²) in [5, 5.41) is 0. The van der Waals surface area contributed by atoms with Crippen molar-refractivity contribution in [2.75, 3.05) is 26.2 Å². The molecule has 7 heteroatoms. The van der Waals surface area contributed by atoms with Gasteiger partial charge in [-0.25, -0.2) is 0 Å². The number of amides is 2. The summed E-state index contributed by atoms with van der Waals surface area (Å²) in [6, 6.07) is 6.99. The van der Waals surface area contributed by atoms with Crippen LogP contribution in [0, 0.1) is 0 Å². The van der Waals surface area contributed by atoms with Gasteiger partial charge in [-0.15, -0.1) is 11.3 Å². The summed E-state index contributed by atoms with van der Waals surface area (Å²) in [5.74, 6) is -0.0517. The van der Waals surface area contributed by atoms with Crippen LogP contribution >= 0.6 is 22.9 Å². The zero-order valence-electron chi connectivity index (χ0n) is 12.4. The SMILES string of the molecule is O=C(c1cccnc1)N1CCCN(C(=O)c2ccc(Cl)s2)CC1. The van der Waals surface area contributed by atoms with E-state index in [4.69, 9.17) is 11.6 Å². The molecule has 2 aromatic rings. The van der Waals surface area contributed by atoms with Gasteiger partial charge in [-0.2, -0.15) is 0 Å². The molecule has 0 aliphatic carbocycles. The average Bonchev–Trinajstić information content (AvgIpc) is 2.87. The number of aromatic nitrogens is 1. The number of rotatable bonds is 2. The van der Waals surface area contributed by atoms with E-state index in [-0.39, 0.29) is 11.8 Å². The van der Waals surface area contributed by atoms with Crippen molar-refractivity contribution in [2.45, 2.75) is 6.42 Å². The highest BCUT2D eigenvalue weighted by atomic mass is 35.5. The van der Waals surface area contributed by atoms with Crippen LogP contribution in [0.2, 0.25) is 4.34 Å². The van der Waals surface area contributed by atoms with Crippen LogP contribution in [0.15, 0.2) is 36.7 Å². The summed E-state index contributed by atoms with van der Waals surface area (Å²) in [6.07, 6.45) is 3.98. The van der Waals surface area contributed by atoms with Crippen LogP contribution in [0.3, 0.4) is 0 Å². The smallest absolute Gasteiger partial charge is 0.264 e. The molecule has 5 nitrogen and oxygen atoms in total. The van der Waals surface area contributed by atoms with Gasteiger partial charge in [0, 0.05) is 38.6 Å². The third-order valence-corrected chi connectivity index (χ3v) is 4.98. The van der Waals surface area contributed by atoms with Gasteiger partial charge in [-0.3, -0.25) is 14.6 Å². The molecular weight excluding hydrogens is 334 g/mol. The summed E-state index contributed by atoms with van der Waals surface area (Å²) < 4.78 is 0.608. The number of halogens is 1. The number of hydrogen-bond donors (Lipinski definition) is 0. The number of thiophene rings is 1. The Morgan fingerprint density at radius 1 is 1.04 bits per heavy atom. The molecule has 0 radical (unpaired) electrons. The molecule has 2 aromatic heterocycles. The Kier molecular flexibility index (Phi) is 4.93. The highest BCUT2D eigenvalue weighted by molar-refractivity contribution is 7.17. The monoisotopic (exact) mass is 349 g/mol. The maximum atomic E-state index is 12.5. The van der Waals surface area contributed by atoms with Crippen molar-refractivity contribution in [1.29, 1.82) is 0 Å². The molecule has 0 spiro atoms. The van der Waals surface area contributed by atoms with E-state index in [1.165, 1.54) is 11.3 Å². The maximum Gasteiger partial charge on any atom is 0.264 e. The minimum absolute atomic E-state index is 0.0161. The predicted octanol–water partition coefficient (Wildman–Crippen LogP) is 2.78. The molecule has 0 saturated carbocycles. The van der Waals surface area contributed by atoms with Crippen molar-refractivity contribution in [2.24, 2.45) is 0 Å². The first-order chi connectivity index (χ1) is 11.1. The molecule has 1 fully saturated rings. The lowest BCUT2D eigenvalue weighted by molar-refractivity contribution is 0.0721. The average molecular weight is 350 g/mol. The highest BCUT2D eigenvalue weighted by Gasteiger charge is 2.24. The summed E-state index contributed by atoms with van der Waals surface area (Å²) in [4.78, 5) is 33.1. The lowest BCUT2D eigenvalue weighted by Crippen LogP contribution is -2.37. The Hall–Kier alpha value is -1.92. The van der Waals surface area contributed by atoms with E-state index in [1.807, 2.05) is 0 Å². The zero-order valence-corrected chi connectivity index (χ0v) is 14.0. The van der Waals surface area contributed by atoms with Crippen LogP contribution in [-0.4, -0.2) is 52.8 Å². The maximum absolute atomic E-state index is 12.5. The molecule has 0 atom stereocenters. The van der Waals surface area contributed by atoms with E-state index in [0.717, 1.165) is 6.42 Å². The molecule has 3 heterocycles. The Labute approximate surface area is 143 Å². The lowest BCUT2D eigenvalue weighted by atomic mass is 10.2. The molecule has 0 N–H and O–H groups in total. The van der Waals surface area contributed by atoms with E-state index in [2.05, 4.69) is 4.98 Å². The second kappa shape index (κ2) is 7.10. The molecular formula is C16H16ClN3O2S. The minimum Gasteiger partial charge on any atom is -0.337 e. The third-order valence-electron chi connectivity index (χ3n) is 3.76. The fourth-order valence-corrected chi connectivity index (χ4v) is 3.59. The van der Waals surface area contributed by atoms with Crippen molar-refractivity contribution in [3.05, 3.63) is 51.4 Å². The van der Waals surface area contributed by atoms with Gasteiger partial charge in [0.05, 0.1) is 14.8 Å². The first-order valence-corrected chi connectivity index (χ1v) is 8.58. The summed E-state index contributed by atoms with van der Waals surface area (Å²) >= 11 is 7.18. The Bertz CT molecular complexity index is 704. The van der Waals surface area contributed by atoms with Crippen LogP contribution in [0.5, 0.6) is 0 Å². The first-order valence-electron chi connectivity index (χ1n) is 7.39. The minimum atomic E-state index is -0.0356. The molecule has 120 valence electrons. The first kappa shape index (κ1) is 16.0. The third kappa shape index (κ3) is 3.71. The largest absolute Gasteiger partial charge is 0.337 e. The van der Waals surface area contributed by atoms with Crippen LogP contribution in [0.25, 0.3) is 0 Å². The molecule has 23 heavy (non-hydrogen) atoms. The summed E-state index contributed by atoms with van der Waals surface area (Å²) in [6.45, 7) is 2.34. The van der Waals surface area contributed by atoms with Crippen LogP contribution in [0.4, 0.5) is 0 Å². The second-order valence-electron chi connectivity index (χ2n) is 5.28. The molecule has 0 unspecified atom stereocenters. The molecule has 0 bridgehead atoms. The van der Waals surface area contributed by atoms with Crippen molar-refractivity contribution in [1.82, 2.24) is 14.8 Å². The van der Waals surface area contributed by atoms with Gasteiger partial charge >= 0.3 is 0 Å². The molecule has 1 aliphatic rings. The fourth-order valence-electron chi connectivity index (χ4n) is 2.58. The van der Waals surface area contributed by atoms with Gasteiger partial charge in [-0.05, 0) is 30.7 Å². The second-order valence-corrected chi connectivity index (χ2v) is 7.00. The molecule has 1 aliphatic heterocycles. The van der Waals surface area contributed by atoms with Crippen LogP contribution < -0.4 is 0 Å². The predicted molar refractivity (Wildman–Crippen MR) is 90.0 cm³/mol. The van der Waals surface area contributed by atoms with Gasteiger partial charge in [-0.1, -0.05) is 11.6 Å². The van der Waals surface area contributed by atoms with Gasteiger partial charge < -0.3 is 9.80 Å². The Morgan fingerprint density at radius 3 is 2.39 bits per heavy atom. The van der Waals surface area contributed by atoms with Gasteiger partial charge in [0.2, 0.25) is 0 Å². The standard InChI is InChI=1S/C16H16ClN3O2S/c17-14-5-4-13(23-14)16(22)20-8-2-7-19(9-10-20)15(21)12-3-1-6-18-11-12/h1,3-6,11H,2,7-10H2. The van der Waals surface area contributed by atoms with Crippen molar-refractivity contribution in [3.8, 4) is 0 Å². The Morgan fingerprint density at radius 2 is 1.78 bits per heavy atom. The topological polar surface area (TPSA) is 53.5 Å². The molecule has 1 saturated heterocycles. The van der Waals surface area contributed by atoms with Gasteiger partial charge in [0.1, 0.15) is 0 Å². The molecule has 0 aromatic carbocycles. The normalized spacial score (nSPS) is 15.3. The van der Waals surface area contributed by atoms with E-state index in [0.29, 0.717) is 41.0 Å². The summed E-state index contributed by atoms with van der Waals surface area (Å²) in [7, 11) is 0. The summed E-state index contributed by atoms with van der Waals surface area (Å²) in [5.41, 5.74) is 0.581. The molecule has 3 rings (SSSR count). The van der Waals surface area contributed by atoms with Crippen molar-refractivity contribution < 1.29 is 9.59 Å². The number of nitrogens with zero attached hydrogens (tertiary/aromatic N) is 3. The van der Waals surface area contributed by atoms with Gasteiger partial charge in [0.15, 0.2) is 0 Å². The lowest BCUT2D eigenvalue weighted by Gasteiger charge is -2.21. The fraction of sp³-hybridized carbons (Fsp3) is 0.312. The van der Waals surface area contributed by atoms with Crippen molar-refractivity contribution >= 4 is 34.8 Å². The highest BCUT2D eigenvalue weighted by Crippen LogP contribution is 2.23. The van der Waals surface area contributed by atoms with E-state index in [1.54, 1.807) is 46.5 Å². The number of pyridine rings is 1. The van der Waals surface area contributed by atoms with E-state index in [9.17, 15) is 9.59 Å². The van der Waals surface area contributed by atoms with Crippen LogP contribution in [0.1, 0.15) is 26.5 Å². The quantitative estimate of drug-likeness (QED) is 0.837. The van der Waals surface area contributed by atoms with E-state index >= 15 is 0 Å². The number of hydrogen-bond acceptors (Lipinski definition) is 4. The van der Waals surface area contributed by atoms with E-state index < -0.39 is 0 Å². The van der Waals surface area contributed by atoms with Gasteiger partial charge in [0.25, 0.3) is 11.8 Å².